The minimum atomic E-state index is 0.748. The van der Waals surface area contributed by atoms with E-state index in [0.717, 1.165) is 12.0 Å². The molecule has 0 heterocycles. The van der Waals surface area contributed by atoms with E-state index in [-0.39, 0.29) is 0 Å². The maximum Gasteiger partial charge on any atom is 0.00668 e. The van der Waals surface area contributed by atoms with Crippen molar-refractivity contribution in [3.05, 3.63) is 12.7 Å². The molecule has 0 bridgehead atoms. The minimum Gasteiger partial charge on any atom is -0.317 e. The van der Waals surface area contributed by atoms with Crippen LogP contribution >= 0.6 is 0 Å². The normalized spacial score (nSPS) is 19.8. The van der Waals surface area contributed by atoms with E-state index in [1.165, 1.54) is 51.4 Å². The van der Waals surface area contributed by atoms with Crippen molar-refractivity contribution < 1.29 is 0 Å². The van der Waals surface area contributed by atoms with E-state index in [4.69, 9.17) is 0 Å². The van der Waals surface area contributed by atoms with E-state index >= 15 is 0 Å². The van der Waals surface area contributed by atoms with Gasteiger partial charge >= 0.3 is 0 Å². The van der Waals surface area contributed by atoms with Gasteiger partial charge in [0.25, 0.3) is 0 Å². The van der Waals surface area contributed by atoms with Crippen LogP contribution in [0.4, 0.5) is 0 Å². The molecule has 0 saturated heterocycles. The fourth-order valence-corrected chi connectivity index (χ4v) is 2.54. The number of unbranched alkanes of at least 4 members (excludes halogenated alkanes) is 1. The second kappa shape index (κ2) is 7.05. The standard InChI is InChI=1S/C13H25N/c1-3-4-5-10-13(14-2)11-12-8-6-7-9-12/h3,12-14H,1,4-11H2,2H3. The van der Waals surface area contributed by atoms with E-state index in [9.17, 15) is 0 Å². The predicted molar refractivity (Wildman–Crippen MR) is 63.5 cm³/mol. The average Bonchev–Trinajstić information content (AvgIpc) is 2.69. The summed E-state index contributed by atoms with van der Waals surface area (Å²) in [4.78, 5) is 0. The lowest BCUT2D eigenvalue weighted by molar-refractivity contribution is 0.383. The lowest BCUT2D eigenvalue weighted by atomic mass is 9.95. The summed E-state index contributed by atoms with van der Waals surface area (Å²) in [5.74, 6) is 1.01. The molecule has 14 heavy (non-hydrogen) atoms. The van der Waals surface area contributed by atoms with Gasteiger partial charge in [-0.25, -0.2) is 0 Å². The Kier molecular flexibility index (Phi) is 5.93. The van der Waals surface area contributed by atoms with Crippen LogP contribution in [0.25, 0.3) is 0 Å². The SMILES string of the molecule is C=CCCCC(CC1CCCC1)NC. The third-order valence-electron chi connectivity index (χ3n) is 3.46. The van der Waals surface area contributed by atoms with Crippen molar-refractivity contribution in [3.63, 3.8) is 0 Å². The minimum absolute atomic E-state index is 0.748. The molecule has 1 unspecified atom stereocenters. The summed E-state index contributed by atoms with van der Waals surface area (Å²) in [6.07, 6.45) is 13.1. The van der Waals surface area contributed by atoms with Gasteiger partial charge in [-0.1, -0.05) is 31.8 Å². The Labute approximate surface area is 89.0 Å². The van der Waals surface area contributed by atoms with Gasteiger partial charge in [-0.15, -0.1) is 6.58 Å². The summed E-state index contributed by atoms with van der Waals surface area (Å²) in [7, 11) is 2.10. The summed E-state index contributed by atoms with van der Waals surface area (Å²) >= 11 is 0. The molecule has 1 heteroatoms. The molecule has 1 aliphatic rings. The van der Waals surface area contributed by atoms with Crippen molar-refractivity contribution >= 4 is 0 Å². The number of hydrogen-bond donors (Lipinski definition) is 1. The number of rotatable bonds is 7. The molecule has 0 aromatic heterocycles. The quantitative estimate of drug-likeness (QED) is 0.484. The highest BCUT2D eigenvalue weighted by molar-refractivity contribution is 4.76. The lowest BCUT2D eigenvalue weighted by Gasteiger charge is -2.19. The zero-order chi connectivity index (χ0) is 10.2. The Morgan fingerprint density at radius 2 is 2.14 bits per heavy atom. The number of nitrogens with one attached hydrogen (secondary N) is 1. The first-order valence-corrected chi connectivity index (χ1v) is 6.15. The highest BCUT2D eigenvalue weighted by Crippen LogP contribution is 2.29. The van der Waals surface area contributed by atoms with Gasteiger partial charge in [0.05, 0.1) is 0 Å². The molecule has 0 spiro atoms. The van der Waals surface area contributed by atoms with E-state index in [1.54, 1.807) is 0 Å². The Morgan fingerprint density at radius 3 is 2.71 bits per heavy atom. The van der Waals surface area contributed by atoms with E-state index in [2.05, 4.69) is 18.9 Å². The summed E-state index contributed by atoms with van der Waals surface area (Å²) in [5.41, 5.74) is 0. The monoisotopic (exact) mass is 195 g/mol. The van der Waals surface area contributed by atoms with E-state index in [0.29, 0.717) is 0 Å². The van der Waals surface area contributed by atoms with Gasteiger partial charge < -0.3 is 5.32 Å². The molecule has 1 rings (SSSR count). The third kappa shape index (κ3) is 4.28. The molecule has 0 aromatic rings. The molecule has 82 valence electrons. The zero-order valence-electron chi connectivity index (χ0n) is 9.60. The molecule has 0 aliphatic heterocycles. The maximum atomic E-state index is 3.77. The van der Waals surface area contributed by atoms with Crippen molar-refractivity contribution in [2.75, 3.05) is 7.05 Å². The molecular weight excluding hydrogens is 170 g/mol. The summed E-state index contributed by atoms with van der Waals surface area (Å²) in [5, 5.41) is 3.45. The van der Waals surface area contributed by atoms with Crippen LogP contribution in [-0.4, -0.2) is 13.1 Å². The van der Waals surface area contributed by atoms with Gasteiger partial charge in [0, 0.05) is 6.04 Å². The van der Waals surface area contributed by atoms with Crippen molar-refractivity contribution in [3.8, 4) is 0 Å². The first-order valence-electron chi connectivity index (χ1n) is 6.15. The van der Waals surface area contributed by atoms with E-state index < -0.39 is 0 Å². The highest BCUT2D eigenvalue weighted by atomic mass is 14.9. The van der Waals surface area contributed by atoms with E-state index in [1.807, 2.05) is 6.08 Å². The highest BCUT2D eigenvalue weighted by Gasteiger charge is 2.18. The van der Waals surface area contributed by atoms with Gasteiger partial charge in [0.2, 0.25) is 0 Å². The summed E-state index contributed by atoms with van der Waals surface area (Å²) < 4.78 is 0. The summed E-state index contributed by atoms with van der Waals surface area (Å²) in [6.45, 7) is 3.77. The molecule has 0 aromatic carbocycles. The largest absolute Gasteiger partial charge is 0.317 e. The van der Waals surface area contributed by atoms with Crippen LogP contribution in [0.3, 0.4) is 0 Å². The second-order valence-corrected chi connectivity index (χ2v) is 4.59. The van der Waals surface area contributed by atoms with Crippen molar-refractivity contribution in [2.45, 2.75) is 57.4 Å². The fourth-order valence-electron chi connectivity index (χ4n) is 2.54. The smallest absolute Gasteiger partial charge is 0.00668 e. The number of allylic oxidation sites excluding steroid dienone is 1. The predicted octanol–water partition coefficient (Wildman–Crippen LogP) is 3.51. The van der Waals surface area contributed by atoms with Gasteiger partial charge in [0.15, 0.2) is 0 Å². The average molecular weight is 195 g/mol. The fraction of sp³-hybridized carbons (Fsp3) is 0.846. The van der Waals surface area contributed by atoms with Crippen molar-refractivity contribution in [2.24, 2.45) is 5.92 Å². The Morgan fingerprint density at radius 1 is 1.43 bits per heavy atom. The molecule has 1 saturated carbocycles. The van der Waals surface area contributed by atoms with Gasteiger partial charge in [-0.2, -0.15) is 0 Å². The Hall–Kier alpha value is -0.300. The van der Waals surface area contributed by atoms with Crippen molar-refractivity contribution in [1.82, 2.24) is 5.32 Å². The van der Waals surface area contributed by atoms with Crippen LogP contribution in [0.15, 0.2) is 12.7 Å². The van der Waals surface area contributed by atoms with Crippen LogP contribution in [-0.2, 0) is 0 Å². The molecule has 0 amide bonds. The molecule has 1 N–H and O–H groups in total. The van der Waals surface area contributed by atoms with Gasteiger partial charge in [0.1, 0.15) is 0 Å². The topological polar surface area (TPSA) is 12.0 Å². The first kappa shape index (κ1) is 11.8. The molecular formula is C13H25N. The summed E-state index contributed by atoms with van der Waals surface area (Å²) in [6, 6.07) is 0.748. The third-order valence-corrected chi connectivity index (χ3v) is 3.46. The molecule has 0 radical (unpaired) electrons. The molecule has 1 nitrogen and oxygen atoms in total. The van der Waals surface area contributed by atoms with Crippen LogP contribution in [0, 0.1) is 5.92 Å². The van der Waals surface area contributed by atoms with Gasteiger partial charge in [-0.05, 0) is 38.6 Å². The lowest BCUT2D eigenvalue weighted by Crippen LogP contribution is -2.27. The molecule has 1 fully saturated rings. The van der Waals surface area contributed by atoms with Gasteiger partial charge in [-0.3, -0.25) is 0 Å². The Balaban J connectivity index is 2.13. The van der Waals surface area contributed by atoms with Crippen LogP contribution < -0.4 is 5.32 Å². The Bertz CT molecular complexity index is 147. The molecule has 1 aliphatic carbocycles. The number of hydrogen-bond acceptors (Lipinski definition) is 1. The molecule has 1 atom stereocenters. The first-order chi connectivity index (χ1) is 6.86. The second-order valence-electron chi connectivity index (χ2n) is 4.59. The zero-order valence-corrected chi connectivity index (χ0v) is 9.60. The van der Waals surface area contributed by atoms with Crippen molar-refractivity contribution in [1.29, 1.82) is 0 Å². The van der Waals surface area contributed by atoms with Crippen LogP contribution in [0.1, 0.15) is 51.4 Å². The van der Waals surface area contributed by atoms with Crippen LogP contribution in [0.5, 0.6) is 0 Å². The maximum absolute atomic E-state index is 3.77. The van der Waals surface area contributed by atoms with Crippen LogP contribution in [0.2, 0.25) is 0 Å².